The van der Waals surface area contributed by atoms with E-state index in [4.69, 9.17) is 0 Å². The van der Waals surface area contributed by atoms with Crippen LogP contribution in [0.5, 0.6) is 0 Å². The second-order valence-electron chi connectivity index (χ2n) is 4.03. The summed E-state index contributed by atoms with van der Waals surface area (Å²) in [6.07, 6.45) is -0.0930. The predicted octanol–water partition coefficient (Wildman–Crippen LogP) is 1.90. The van der Waals surface area contributed by atoms with Crippen molar-refractivity contribution in [3.63, 3.8) is 0 Å². The quantitative estimate of drug-likeness (QED) is 0.804. The fourth-order valence-electron chi connectivity index (χ4n) is 1.86. The lowest BCUT2D eigenvalue weighted by Crippen LogP contribution is -2.24. The Morgan fingerprint density at radius 1 is 1.56 bits per heavy atom. The monoisotopic (exact) mass is 266 g/mol. The number of rotatable bonds is 2. The molecule has 2 rings (SSSR count). The number of benzene rings is 1. The molecular weight excluding hydrogens is 252 g/mol. The number of hydrogen-bond donors (Lipinski definition) is 2. The van der Waals surface area contributed by atoms with Crippen LogP contribution in [0.2, 0.25) is 0 Å². The van der Waals surface area contributed by atoms with Crippen molar-refractivity contribution in [2.24, 2.45) is 0 Å². The molecule has 1 aliphatic rings. The molecule has 1 saturated heterocycles. The zero-order valence-corrected chi connectivity index (χ0v) is 10.8. The number of nitrogens with zero attached hydrogens (tertiary/aromatic N) is 1. The molecule has 1 unspecified atom stereocenters. The molecule has 1 aromatic rings. The number of carbonyl (C=O) groups is 2. The van der Waals surface area contributed by atoms with Gasteiger partial charge in [-0.25, -0.2) is 4.79 Å². The highest BCUT2D eigenvalue weighted by Crippen LogP contribution is 2.26. The standard InChI is InChI=1S/C12H14N2O3S/c1-17-12(16)13-8-3-2-4-9(5-8)14-7-10(18)6-11(14)15/h2-5,10,18H,6-7H2,1H3,(H,13,16). The van der Waals surface area contributed by atoms with Gasteiger partial charge in [-0.1, -0.05) is 6.07 Å². The molecule has 1 atom stereocenters. The van der Waals surface area contributed by atoms with Crippen molar-refractivity contribution in [2.45, 2.75) is 11.7 Å². The fourth-order valence-corrected chi connectivity index (χ4v) is 2.18. The molecule has 1 N–H and O–H groups in total. The van der Waals surface area contributed by atoms with Crippen LogP contribution in [0.15, 0.2) is 24.3 Å². The number of thiol groups is 1. The maximum absolute atomic E-state index is 11.7. The van der Waals surface area contributed by atoms with E-state index in [0.29, 0.717) is 18.7 Å². The van der Waals surface area contributed by atoms with Gasteiger partial charge in [-0.15, -0.1) is 0 Å². The van der Waals surface area contributed by atoms with Crippen molar-refractivity contribution in [3.8, 4) is 0 Å². The van der Waals surface area contributed by atoms with Gasteiger partial charge >= 0.3 is 6.09 Å². The van der Waals surface area contributed by atoms with Crippen molar-refractivity contribution in [1.29, 1.82) is 0 Å². The van der Waals surface area contributed by atoms with Crippen LogP contribution in [0.4, 0.5) is 16.2 Å². The van der Waals surface area contributed by atoms with Gasteiger partial charge < -0.3 is 9.64 Å². The summed E-state index contributed by atoms with van der Waals surface area (Å²) in [6.45, 7) is 0.587. The summed E-state index contributed by atoms with van der Waals surface area (Å²) < 4.78 is 4.51. The van der Waals surface area contributed by atoms with Crippen LogP contribution in [0.1, 0.15) is 6.42 Å². The van der Waals surface area contributed by atoms with Crippen LogP contribution in [0.25, 0.3) is 0 Å². The molecule has 96 valence electrons. The van der Waals surface area contributed by atoms with Gasteiger partial charge in [0, 0.05) is 29.6 Å². The van der Waals surface area contributed by atoms with Crippen molar-refractivity contribution >= 4 is 36.0 Å². The Balaban J connectivity index is 2.17. The Labute approximate surface area is 111 Å². The van der Waals surface area contributed by atoms with Crippen LogP contribution >= 0.6 is 12.6 Å². The van der Waals surface area contributed by atoms with E-state index < -0.39 is 6.09 Å². The Hall–Kier alpha value is -1.69. The third kappa shape index (κ3) is 2.76. The first-order chi connectivity index (χ1) is 8.60. The predicted molar refractivity (Wildman–Crippen MR) is 72.2 cm³/mol. The lowest BCUT2D eigenvalue weighted by Gasteiger charge is -2.17. The van der Waals surface area contributed by atoms with E-state index in [1.54, 1.807) is 23.1 Å². The molecule has 0 saturated carbocycles. The minimum atomic E-state index is -0.535. The molecule has 1 heterocycles. The van der Waals surface area contributed by atoms with Crippen LogP contribution < -0.4 is 10.2 Å². The molecular formula is C12H14N2O3S. The van der Waals surface area contributed by atoms with Gasteiger partial charge in [-0.3, -0.25) is 10.1 Å². The third-order valence-electron chi connectivity index (χ3n) is 2.69. The van der Waals surface area contributed by atoms with Crippen LogP contribution in [0, 0.1) is 0 Å². The molecule has 0 bridgehead atoms. The van der Waals surface area contributed by atoms with Crippen molar-refractivity contribution in [3.05, 3.63) is 24.3 Å². The number of nitrogens with one attached hydrogen (secondary N) is 1. The molecule has 18 heavy (non-hydrogen) atoms. The van der Waals surface area contributed by atoms with Crippen molar-refractivity contribution in [2.75, 3.05) is 23.9 Å². The highest BCUT2D eigenvalue weighted by atomic mass is 32.1. The molecule has 1 aliphatic heterocycles. The maximum Gasteiger partial charge on any atom is 0.411 e. The molecule has 1 aromatic carbocycles. The van der Waals surface area contributed by atoms with Crippen molar-refractivity contribution < 1.29 is 14.3 Å². The number of hydrogen-bond acceptors (Lipinski definition) is 4. The lowest BCUT2D eigenvalue weighted by molar-refractivity contribution is -0.117. The Morgan fingerprint density at radius 2 is 2.33 bits per heavy atom. The average molecular weight is 266 g/mol. The topological polar surface area (TPSA) is 58.6 Å². The van der Waals surface area contributed by atoms with Gasteiger partial charge in [0.05, 0.1) is 7.11 Å². The Morgan fingerprint density at radius 3 is 2.94 bits per heavy atom. The SMILES string of the molecule is COC(=O)Nc1cccc(N2CC(S)CC2=O)c1. The van der Waals surface area contributed by atoms with Crippen LogP contribution in [-0.2, 0) is 9.53 Å². The summed E-state index contributed by atoms with van der Waals surface area (Å²) in [5.74, 6) is 0.0465. The zero-order valence-electron chi connectivity index (χ0n) is 9.92. The molecule has 5 nitrogen and oxygen atoms in total. The van der Waals surface area contributed by atoms with Crippen molar-refractivity contribution in [1.82, 2.24) is 0 Å². The number of anilines is 2. The Bertz CT molecular complexity index is 478. The molecule has 0 aromatic heterocycles. The van der Waals surface area contributed by atoms with Gasteiger partial charge in [0.2, 0.25) is 5.91 Å². The molecule has 0 aliphatic carbocycles. The summed E-state index contributed by atoms with van der Waals surface area (Å²) in [4.78, 5) is 24.5. The second-order valence-corrected chi connectivity index (χ2v) is 4.76. The summed E-state index contributed by atoms with van der Waals surface area (Å²) in [6, 6.07) is 7.08. The van der Waals surface area contributed by atoms with Gasteiger partial charge in [0.15, 0.2) is 0 Å². The van der Waals surface area contributed by atoms with E-state index in [-0.39, 0.29) is 11.2 Å². The fraction of sp³-hybridized carbons (Fsp3) is 0.333. The number of methoxy groups -OCH3 is 1. The summed E-state index contributed by atoms with van der Waals surface area (Å²) >= 11 is 4.31. The van der Waals surface area contributed by atoms with Gasteiger partial charge in [0.25, 0.3) is 0 Å². The Kier molecular flexibility index (Phi) is 3.76. The highest BCUT2D eigenvalue weighted by Gasteiger charge is 2.28. The summed E-state index contributed by atoms with van der Waals surface area (Å²) in [5.41, 5.74) is 1.35. The first-order valence-corrected chi connectivity index (χ1v) is 6.05. The van der Waals surface area contributed by atoms with E-state index in [2.05, 4.69) is 22.7 Å². The normalized spacial score (nSPS) is 18.9. The smallest absolute Gasteiger partial charge is 0.411 e. The molecule has 2 amide bonds. The number of amides is 2. The first-order valence-electron chi connectivity index (χ1n) is 5.53. The van der Waals surface area contributed by atoms with Crippen LogP contribution in [0.3, 0.4) is 0 Å². The van der Waals surface area contributed by atoms with Gasteiger partial charge in [-0.05, 0) is 18.2 Å². The van der Waals surface area contributed by atoms with E-state index in [1.807, 2.05) is 6.07 Å². The largest absolute Gasteiger partial charge is 0.453 e. The minimum absolute atomic E-state index is 0.0465. The first kappa shape index (κ1) is 12.8. The lowest BCUT2D eigenvalue weighted by atomic mass is 10.2. The van der Waals surface area contributed by atoms with E-state index in [1.165, 1.54) is 7.11 Å². The summed E-state index contributed by atoms with van der Waals surface area (Å²) in [7, 11) is 1.30. The molecule has 0 spiro atoms. The summed E-state index contributed by atoms with van der Waals surface area (Å²) in [5, 5.41) is 2.63. The molecule has 6 heteroatoms. The number of carbonyl (C=O) groups excluding carboxylic acids is 2. The number of ether oxygens (including phenoxy) is 1. The van der Waals surface area contributed by atoms with E-state index in [0.717, 1.165) is 5.69 Å². The second kappa shape index (κ2) is 5.30. The average Bonchev–Trinajstić information content (AvgIpc) is 2.68. The van der Waals surface area contributed by atoms with Gasteiger partial charge in [0.1, 0.15) is 0 Å². The van der Waals surface area contributed by atoms with Crippen LogP contribution in [-0.4, -0.2) is 30.9 Å². The highest BCUT2D eigenvalue weighted by molar-refractivity contribution is 7.81. The van der Waals surface area contributed by atoms with E-state index in [9.17, 15) is 9.59 Å². The minimum Gasteiger partial charge on any atom is -0.453 e. The third-order valence-corrected chi connectivity index (χ3v) is 3.04. The molecule has 0 radical (unpaired) electrons. The molecule has 1 fully saturated rings. The van der Waals surface area contributed by atoms with Gasteiger partial charge in [-0.2, -0.15) is 12.6 Å². The van der Waals surface area contributed by atoms with E-state index >= 15 is 0 Å². The zero-order chi connectivity index (χ0) is 13.1. The maximum atomic E-state index is 11.7.